The summed E-state index contributed by atoms with van der Waals surface area (Å²) in [7, 11) is -5.76. The predicted molar refractivity (Wildman–Crippen MR) is 49.5 cm³/mol. The average Bonchev–Trinajstić information content (AvgIpc) is 2.17. The van der Waals surface area contributed by atoms with Crippen molar-refractivity contribution < 1.29 is 31.3 Å². The Bertz CT molecular complexity index is 359. The molecule has 0 unspecified atom stereocenters. The summed E-state index contributed by atoms with van der Waals surface area (Å²) in [5, 5.41) is -4.88. The zero-order chi connectivity index (χ0) is 12.4. The number of halogens is 2. The molecule has 0 spiro atoms. The molecule has 0 aromatic rings. The van der Waals surface area contributed by atoms with Crippen molar-refractivity contribution in [2.75, 3.05) is 0 Å². The van der Waals surface area contributed by atoms with Crippen LogP contribution in [0.1, 0.15) is 32.1 Å². The fourth-order valence-corrected chi connectivity index (χ4v) is 1.77. The fourth-order valence-electron chi connectivity index (χ4n) is 1.51. The van der Waals surface area contributed by atoms with Gasteiger partial charge in [-0.3, -0.25) is 4.55 Å². The Morgan fingerprint density at radius 2 is 1.75 bits per heavy atom. The van der Waals surface area contributed by atoms with Crippen LogP contribution < -0.4 is 0 Å². The number of carbonyl (C=O) groups excluding carboxylic acids is 1. The number of rotatable bonds is 3. The minimum atomic E-state index is -5.76. The Morgan fingerprint density at radius 1 is 1.25 bits per heavy atom. The van der Waals surface area contributed by atoms with Gasteiger partial charge in [0.1, 0.15) is 6.10 Å². The second-order valence-corrected chi connectivity index (χ2v) is 5.12. The topological polar surface area (TPSA) is 80.7 Å². The van der Waals surface area contributed by atoms with Crippen LogP contribution in [0.4, 0.5) is 8.78 Å². The maximum absolute atomic E-state index is 12.8. The molecule has 0 heterocycles. The zero-order valence-corrected chi connectivity index (χ0v) is 9.17. The van der Waals surface area contributed by atoms with Gasteiger partial charge in [-0.05, 0) is 25.7 Å². The molecule has 0 aromatic heterocycles. The van der Waals surface area contributed by atoms with E-state index >= 15 is 0 Å². The van der Waals surface area contributed by atoms with Gasteiger partial charge in [-0.25, -0.2) is 4.79 Å². The van der Waals surface area contributed by atoms with Gasteiger partial charge in [0.25, 0.3) is 0 Å². The molecular weight excluding hydrogens is 246 g/mol. The lowest BCUT2D eigenvalue weighted by atomic mass is 9.98. The Morgan fingerprint density at radius 3 is 2.19 bits per heavy atom. The molecule has 0 bridgehead atoms. The van der Waals surface area contributed by atoms with E-state index in [-0.39, 0.29) is 0 Å². The Hall–Kier alpha value is -0.760. The number of carbonyl (C=O) groups is 1. The first-order valence-electron chi connectivity index (χ1n) is 4.81. The van der Waals surface area contributed by atoms with Crippen molar-refractivity contribution >= 4 is 16.1 Å². The maximum atomic E-state index is 12.8. The van der Waals surface area contributed by atoms with E-state index in [2.05, 4.69) is 4.74 Å². The third-order valence-electron chi connectivity index (χ3n) is 2.39. The molecule has 0 aliphatic heterocycles. The molecule has 0 saturated heterocycles. The fraction of sp³-hybridized carbons (Fsp3) is 0.875. The van der Waals surface area contributed by atoms with Crippen molar-refractivity contribution in [3.05, 3.63) is 0 Å². The average molecular weight is 258 g/mol. The molecule has 0 amide bonds. The first kappa shape index (κ1) is 13.3. The van der Waals surface area contributed by atoms with Gasteiger partial charge in [0, 0.05) is 0 Å². The van der Waals surface area contributed by atoms with Crippen molar-refractivity contribution in [3.8, 4) is 0 Å². The van der Waals surface area contributed by atoms with Crippen LogP contribution in [-0.2, 0) is 19.6 Å². The van der Waals surface area contributed by atoms with Gasteiger partial charge in [-0.2, -0.15) is 17.2 Å². The molecule has 16 heavy (non-hydrogen) atoms. The highest BCUT2D eigenvalue weighted by Gasteiger charge is 2.54. The summed E-state index contributed by atoms with van der Waals surface area (Å²) < 4.78 is 58.5. The molecule has 94 valence electrons. The van der Waals surface area contributed by atoms with E-state index < -0.39 is 27.4 Å². The number of ether oxygens (including phenoxy) is 1. The van der Waals surface area contributed by atoms with E-state index in [9.17, 15) is 22.0 Å². The molecule has 1 rings (SSSR count). The first-order chi connectivity index (χ1) is 7.25. The van der Waals surface area contributed by atoms with E-state index in [4.69, 9.17) is 4.55 Å². The smallest absolute Gasteiger partial charge is 0.457 e. The van der Waals surface area contributed by atoms with E-state index in [0.717, 1.165) is 19.3 Å². The number of hydrogen-bond acceptors (Lipinski definition) is 4. The number of alkyl halides is 2. The quantitative estimate of drug-likeness (QED) is 0.610. The largest absolute Gasteiger partial charge is 0.465 e. The van der Waals surface area contributed by atoms with Crippen LogP contribution in [0.15, 0.2) is 0 Å². The SMILES string of the molecule is O=C(OC1CCCCC1)C(F)(F)S(=O)(=O)O. The summed E-state index contributed by atoms with van der Waals surface area (Å²) in [6.07, 6.45) is 2.61. The van der Waals surface area contributed by atoms with Gasteiger partial charge in [-0.1, -0.05) is 6.42 Å². The van der Waals surface area contributed by atoms with E-state index in [1.54, 1.807) is 0 Å². The molecular formula is C8H12F2O5S. The molecule has 0 atom stereocenters. The van der Waals surface area contributed by atoms with Crippen LogP contribution in [0.5, 0.6) is 0 Å². The predicted octanol–water partition coefficient (Wildman–Crippen LogP) is 1.34. The van der Waals surface area contributed by atoms with Gasteiger partial charge in [-0.15, -0.1) is 0 Å². The van der Waals surface area contributed by atoms with Crippen LogP contribution >= 0.6 is 0 Å². The molecule has 1 aliphatic rings. The molecule has 8 heteroatoms. The third kappa shape index (κ3) is 2.88. The lowest BCUT2D eigenvalue weighted by Crippen LogP contribution is -2.41. The summed E-state index contributed by atoms with van der Waals surface area (Å²) in [5.41, 5.74) is 0. The van der Waals surface area contributed by atoms with Crippen LogP contribution in [0.2, 0.25) is 0 Å². The lowest BCUT2D eigenvalue weighted by Gasteiger charge is -2.23. The van der Waals surface area contributed by atoms with Crippen LogP contribution in [0.25, 0.3) is 0 Å². The van der Waals surface area contributed by atoms with Crippen molar-refractivity contribution in [2.24, 2.45) is 0 Å². The second-order valence-electron chi connectivity index (χ2n) is 3.66. The minimum Gasteiger partial charge on any atom is -0.457 e. The Balaban J connectivity index is 2.64. The van der Waals surface area contributed by atoms with Crippen molar-refractivity contribution in [2.45, 2.75) is 43.5 Å². The number of esters is 1. The highest BCUT2D eigenvalue weighted by Crippen LogP contribution is 2.26. The summed E-state index contributed by atoms with van der Waals surface area (Å²) in [6.45, 7) is 0. The monoisotopic (exact) mass is 258 g/mol. The van der Waals surface area contributed by atoms with Crippen LogP contribution in [-0.4, -0.2) is 30.3 Å². The Labute approximate surface area is 91.5 Å². The zero-order valence-electron chi connectivity index (χ0n) is 8.36. The van der Waals surface area contributed by atoms with Gasteiger partial charge in [0.05, 0.1) is 0 Å². The molecule has 0 radical (unpaired) electrons. The number of hydrogen-bond donors (Lipinski definition) is 1. The van der Waals surface area contributed by atoms with E-state index in [0.29, 0.717) is 12.8 Å². The third-order valence-corrected chi connectivity index (χ3v) is 3.20. The van der Waals surface area contributed by atoms with Crippen molar-refractivity contribution in [1.29, 1.82) is 0 Å². The molecule has 1 N–H and O–H groups in total. The van der Waals surface area contributed by atoms with E-state index in [1.165, 1.54) is 0 Å². The second kappa shape index (κ2) is 4.62. The van der Waals surface area contributed by atoms with Gasteiger partial charge >= 0.3 is 21.3 Å². The lowest BCUT2D eigenvalue weighted by molar-refractivity contribution is -0.168. The molecule has 1 aliphatic carbocycles. The summed E-state index contributed by atoms with van der Waals surface area (Å²) >= 11 is 0. The standard InChI is InChI=1S/C8H12F2O5S/c9-8(10,16(12,13)14)7(11)15-6-4-2-1-3-5-6/h6H,1-5H2,(H,12,13,14). The van der Waals surface area contributed by atoms with Gasteiger partial charge in [0.2, 0.25) is 0 Å². The summed E-state index contributed by atoms with van der Waals surface area (Å²) in [5.74, 6) is -2.21. The summed E-state index contributed by atoms with van der Waals surface area (Å²) in [4.78, 5) is 10.9. The van der Waals surface area contributed by atoms with Gasteiger partial charge < -0.3 is 4.74 Å². The van der Waals surface area contributed by atoms with Crippen LogP contribution in [0, 0.1) is 0 Å². The van der Waals surface area contributed by atoms with Gasteiger partial charge in [0.15, 0.2) is 0 Å². The molecule has 0 aromatic carbocycles. The van der Waals surface area contributed by atoms with E-state index in [1.807, 2.05) is 0 Å². The highest BCUT2D eigenvalue weighted by molar-refractivity contribution is 7.87. The van der Waals surface area contributed by atoms with Crippen molar-refractivity contribution in [1.82, 2.24) is 0 Å². The minimum absolute atomic E-state index is 0.438. The highest BCUT2D eigenvalue weighted by atomic mass is 32.2. The molecule has 1 saturated carbocycles. The first-order valence-corrected chi connectivity index (χ1v) is 6.25. The molecule has 1 fully saturated rings. The normalized spacial score (nSPS) is 19.4. The Kier molecular flexibility index (Phi) is 3.84. The summed E-state index contributed by atoms with van der Waals surface area (Å²) in [6, 6.07) is 0. The van der Waals surface area contributed by atoms with Crippen LogP contribution in [0.3, 0.4) is 0 Å². The van der Waals surface area contributed by atoms with Crippen molar-refractivity contribution in [3.63, 3.8) is 0 Å². The molecule has 5 nitrogen and oxygen atoms in total. The maximum Gasteiger partial charge on any atom is 0.465 e.